The minimum absolute atomic E-state index is 0.0154. The number of hydrogen-bond acceptors (Lipinski definition) is 6. The third-order valence-corrected chi connectivity index (χ3v) is 5.82. The highest BCUT2D eigenvalue weighted by atomic mass is 16.6. The molecule has 1 fully saturated rings. The Morgan fingerprint density at radius 2 is 1.65 bits per heavy atom. The Labute approximate surface area is 182 Å². The van der Waals surface area contributed by atoms with Crippen LogP contribution in [0.4, 0.5) is 5.69 Å². The lowest BCUT2D eigenvalue weighted by atomic mass is 10.1. The third-order valence-electron chi connectivity index (χ3n) is 5.82. The second kappa shape index (κ2) is 9.39. The summed E-state index contributed by atoms with van der Waals surface area (Å²) in [7, 11) is 0. The lowest BCUT2D eigenvalue weighted by Crippen LogP contribution is -2.49. The van der Waals surface area contributed by atoms with Crippen molar-refractivity contribution in [2.24, 2.45) is 0 Å². The van der Waals surface area contributed by atoms with Gasteiger partial charge in [-0.1, -0.05) is 6.07 Å². The molecule has 0 bridgehead atoms. The summed E-state index contributed by atoms with van der Waals surface area (Å²) < 4.78 is 11.2. The number of rotatable bonds is 6. The number of carbonyl (C=O) groups excluding carboxylic acids is 2. The van der Waals surface area contributed by atoms with Crippen molar-refractivity contribution in [3.8, 4) is 11.5 Å². The van der Waals surface area contributed by atoms with E-state index in [0.29, 0.717) is 19.8 Å². The smallest absolute Gasteiger partial charge is 0.234 e. The van der Waals surface area contributed by atoms with Crippen molar-refractivity contribution in [3.63, 3.8) is 0 Å². The molecule has 1 saturated heterocycles. The minimum Gasteiger partial charge on any atom is -0.486 e. The Balaban J connectivity index is 1.25. The first-order valence-corrected chi connectivity index (χ1v) is 10.8. The average molecular weight is 424 g/mol. The minimum atomic E-state index is -0.107. The van der Waals surface area contributed by atoms with E-state index in [1.54, 1.807) is 6.92 Å². The van der Waals surface area contributed by atoms with Gasteiger partial charge in [0.15, 0.2) is 17.3 Å². The van der Waals surface area contributed by atoms with Gasteiger partial charge in [0.1, 0.15) is 13.2 Å². The zero-order valence-electron chi connectivity index (χ0n) is 18.1. The number of amides is 1. The zero-order valence-corrected chi connectivity index (χ0v) is 18.1. The van der Waals surface area contributed by atoms with Gasteiger partial charge >= 0.3 is 0 Å². The van der Waals surface area contributed by atoms with E-state index in [1.807, 2.05) is 49.4 Å². The number of hydrogen-bond donors (Lipinski definition) is 1. The van der Waals surface area contributed by atoms with Crippen LogP contribution in [0.3, 0.4) is 0 Å². The van der Waals surface area contributed by atoms with E-state index in [0.717, 1.165) is 54.5 Å². The molecule has 2 aliphatic heterocycles. The molecule has 4 rings (SSSR count). The van der Waals surface area contributed by atoms with Crippen molar-refractivity contribution < 1.29 is 19.1 Å². The Hall–Kier alpha value is -3.06. The molecule has 7 nitrogen and oxygen atoms in total. The highest BCUT2D eigenvalue weighted by molar-refractivity contribution is 5.94. The topological polar surface area (TPSA) is 71.1 Å². The summed E-state index contributed by atoms with van der Waals surface area (Å²) in [6.45, 7) is 8.39. The molecule has 1 N–H and O–H groups in total. The fraction of sp³-hybridized carbons (Fsp3) is 0.417. The Morgan fingerprint density at radius 3 is 2.32 bits per heavy atom. The first kappa shape index (κ1) is 21.2. The van der Waals surface area contributed by atoms with Crippen LogP contribution in [0.2, 0.25) is 0 Å². The van der Waals surface area contributed by atoms with E-state index in [2.05, 4.69) is 15.1 Å². The second-order valence-corrected chi connectivity index (χ2v) is 8.06. The summed E-state index contributed by atoms with van der Waals surface area (Å²) in [5.74, 6) is 1.58. The van der Waals surface area contributed by atoms with Gasteiger partial charge in [0, 0.05) is 37.4 Å². The van der Waals surface area contributed by atoms with Crippen LogP contribution in [-0.2, 0) is 4.79 Å². The lowest BCUT2D eigenvalue weighted by molar-refractivity contribution is -0.123. The summed E-state index contributed by atoms with van der Waals surface area (Å²) in [5, 5.41) is 3.09. The fourth-order valence-corrected chi connectivity index (χ4v) is 3.97. The van der Waals surface area contributed by atoms with Crippen molar-refractivity contribution in [2.45, 2.75) is 19.9 Å². The van der Waals surface area contributed by atoms with Gasteiger partial charge in [-0.3, -0.25) is 14.5 Å². The van der Waals surface area contributed by atoms with E-state index in [4.69, 9.17) is 9.47 Å². The molecule has 31 heavy (non-hydrogen) atoms. The van der Waals surface area contributed by atoms with Gasteiger partial charge in [0.2, 0.25) is 5.91 Å². The molecule has 0 aliphatic carbocycles. The molecule has 2 aliphatic rings. The van der Waals surface area contributed by atoms with Gasteiger partial charge in [-0.05, 0) is 55.8 Å². The number of ether oxygens (including phenoxy) is 2. The molecular formula is C24H29N3O4. The maximum atomic E-state index is 12.6. The molecule has 1 amide bonds. The van der Waals surface area contributed by atoms with Crippen molar-refractivity contribution in [1.29, 1.82) is 0 Å². The highest BCUT2D eigenvalue weighted by Crippen LogP contribution is 2.32. The molecular weight excluding hydrogens is 394 g/mol. The predicted octanol–water partition coefficient (Wildman–Crippen LogP) is 2.66. The van der Waals surface area contributed by atoms with Crippen LogP contribution >= 0.6 is 0 Å². The Bertz CT molecular complexity index is 936. The Kier molecular flexibility index (Phi) is 6.42. The van der Waals surface area contributed by atoms with E-state index in [9.17, 15) is 9.59 Å². The normalized spacial score (nSPS) is 17.2. The third kappa shape index (κ3) is 5.17. The van der Waals surface area contributed by atoms with Crippen molar-refractivity contribution in [1.82, 2.24) is 10.2 Å². The van der Waals surface area contributed by atoms with E-state index in [-0.39, 0.29) is 17.7 Å². The number of Topliss-reactive ketones (excluding diaryl/α,β-unsaturated/α-hetero) is 1. The number of nitrogens with zero attached hydrogens (tertiary/aromatic N) is 2. The van der Waals surface area contributed by atoms with Crippen molar-refractivity contribution in [2.75, 3.05) is 50.8 Å². The molecule has 2 heterocycles. The van der Waals surface area contributed by atoms with Crippen molar-refractivity contribution in [3.05, 3.63) is 53.6 Å². The number of nitrogens with one attached hydrogen (secondary N) is 1. The number of benzene rings is 2. The molecule has 7 heteroatoms. The summed E-state index contributed by atoms with van der Waals surface area (Å²) in [4.78, 5) is 28.5. The first-order chi connectivity index (χ1) is 15.0. The predicted molar refractivity (Wildman–Crippen MR) is 119 cm³/mol. The number of anilines is 1. The summed E-state index contributed by atoms with van der Waals surface area (Å²) in [5.41, 5.74) is 2.84. The van der Waals surface area contributed by atoms with Crippen LogP contribution in [0.5, 0.6) is 11.5 Å². The average Bonchev–Trinajstić information content (AvgIpc) is 2.79. The molecule has 2 aromatic rings. The second-order valence-electron chi connectivity index (χ2n) is 8.06. The highest BCUT2D eigenvalue weighted by Gasteiger charge is 2.21. The number of carbonyl (C=O) groups is 2. The van der Waals surface area contributed by atoms with Crippen LogP contribution in [0.1, 0.15) is 35.8 Å². The van der Waals surface area contributed by atoms with Gasteiger partial charge in [0.25, 0.3) is 0 Å². The van der Waals surface area contributed by atoms with E-state index in [1.165, 1.54) is 0 Å². The number of ketones is 1. The van der Waals surface area contributed by atoms with Gasteiger partial charge < -0.3 is 19.7 Å². The molecule has 0 unspecified atom stereocenters. The maximum Gasteiger partial charge on any atom is 0.234 e. The molecule has 0 spiro atoms. The monoisotopic (exact) mass is 423 g/mol. The molecule has 1 atom stereocenters. The van der Waals surface area contributed by atoms with Crippen LogP contribution in [0.15, 0.2) is 42.5 Å². The number of piperazine rings is 1. The first-order valence-electron chi connectivity index (χ1n) is 10.8. The SMILES string of the molecule is CC(=O)c1ccc(N2CCN(CC(=O)N[C@H](C)c3ccc4c(c3)OCCO4)CC2)cc1. The summed E-state index contributed by atoms with van der Waals surface area (Å²) in [6, 6.07) is 13.4. The quantitative estimate of drug-likeness (QED) is 0.721. The maximum absolute atomic E-state index is 12.6. The van der Waals surface area contributed by atoms with Gasteiger partial charge in [-0.2, -0.15) is 0 Å². The summed E-state index contributed by atoms with van der Waals surface area (Å²) >= 11 is 0. The Morgan fingerprint density at radius 1 is 0.968 bits per heavy atom. The lowest BCUT2D eigenvalue weighted by Gasteiger charge is -2.36. The van der Waals surface area contributed by atoms with Crippen molar-refractivity contribution >= 4 is 17.4 Å². The molecule has 0 radical (unpaired) electrons. The summed E-state index contributed by atoms with van der Waals surface area (Å²) in [6.07, 6.45) is 0. The van der Waals surface area contributed by atoms with Crippen LogP contribution in [0, 0.1) is 0 Å². The van der Waals surface area contributed by atoms with Gasteiger partial charge in [-0.15, -0.1) is 0 Å². The molecule has 0 aromatic heterocycles. The standard InChI is InChI=1S/C24H29N3O4/c1-17(20-5-8-22-23(15-20)31-14-13-30-22)25-24(29)16-26-9-11-27(12-10-26)21-6-3-19(4-7-21)18(2)28/h3-8,15,17H,9-14,16H2,1-2H3,(H,25,29)/t17-/m1/s1. The van der Waals surface area contributed by atoms with Crippen LogP contribution in [-0.4, -0.2) is 62.5 Å². The largest absolute Gasteiger partial charge is 0.486 e. The van der Waals surface area contributed by atoms with Crippen LogP contribution in [0.25, 0.3) is 0 Å². The fourth-order valence-electron chi connectivity index (χ4n) is 3.97. The molecule has 164 valence electrons. The number of fused-ring (bicyclic) bond motifs is 1. The van der Waals surface area contributed by atoms with Gasteiger partial charge in [-0.25, -0.2) is 0 Å². The van der Waals surface area contributed by atoms with Gasteiger partial charge in [0.05, 0.1) is 12.6 Å². The zero-order chi connectivity index (χ0) is 21.8. The molecule has 2 aromatic carbocycles. The molecule has 0 saturated carbocycles. The van der Waals surface area contributed by atoms with Crippen LogP contribution < -0.4 is 19.7 Å². The van der Waals surface area contributed by atoms with E-state index < -0.39 is 0 Å². The van der Waals surface area contributed by atoms with E-state index >= 15 is 0 Å².